The maximum absolute atomic E-state index is 12.3. The summed E-state index contributed by atoms with van der Waals surface area (Å²) in [6.07, 6.45) is -0.114. The fourth-order valence-electron chi connectivity index (χ4n) is 3.02. The highest BCUT2D eigenvalue weighted by molar-refractivity contribution is 5.89. The standard InChI is InChI=1S/C20H23F2N3O3/c21-19(22)28-17-8-4-7-16(11-17)24-20(26)23-12-18-14-25(9-10-27-18)13-15-5-2-1-3-6-15/h1-8,11,18-19H,9-10,12-14H2,(H2,23,24,26). The molecule has 0 saturated carbocycles. The molecule has 28 heavy (non-hydrogen) atoms. The Morgan fingerprint density at radius 1 is 1.21 bits per heavy atom. The van der Waals surface area contributed by atoms with E-state index in [9.17, 15) is 13.6 Å². The Labute approximate surface area is 162 Å². The van der Waals surface area contributed by atoms with E-state index in [2.05, 4.69) is 32.4 Å². The Morgan fingerprint density at radius 3 is 2.82 bits per heavy atom. The van der Waals surface area contributed by atoms with Crippen molar-refractivity contribution in [3.8, 4) is 5.75 Å². The van der Waals surface area contributed by atoms with Gasteiger partial charge >= 0.3 is 12.6 Å². The number of hydrogen-bond acceptors (Lipinski definition) is 4. The van der Waals surface area contributed by atoms with Crippen molar-refractivity contribution >= 4 is 11.7 Å². The van der Waals surface area contributed by atoms with Crippen molar-refractivity contribution in [2.45, 2.75) is 19.3 Å². The highest BCUT2D eigenvalue weighted by atomic mass is 19.3. The fourth-order valence-corrected chi connectivity index (χ4v) is 3.02. The van der Waals surface area contributed by atoms with Crippen LogP contribution in [0.4, 0.5) is 19.3 Å². The number of rotatable bonds is 7. The van der Waals surface area contributed by atoms with Gasteiger partial charge in [-0.25, -0.2) is 4.79 Å². The maximum atomic E-state index is 12.3. The molecule has 1 heterocycles. The molecule has 8 heteroatoms. The summed E-state index contributed by atoms with van der Waals surface area (Å²) in [5.41, 5.74) is 1.60. The van der Waals surface area contributed by atoms with Crippen LogP contribution in [0.5, 0.6) is 5.75 Å². The topological polar surface area (TPSA) is 62.8 Å². The maximum Gasteiger partial charge on any atom is 0.387 e. The first kappa shape index (κ1) is 20.0. The van der Waals surface area contributed by atoms with Crippen molar-refractivity contribution in [3.05, 3.63) is 60.2 Å². The average Bonchev–Trinajstić information content (AvgIpc) is 2.67. The molecule has 6 nitrogen and oxygen atoms in total. The predicted octanol–water partition coefficient (Wildman–Crippen LogP) is 3.31. The van der Waals surface area contributed by atoms with E-state index in [1.165, 1.54) is 23.8 Å². The Bertz CT molecular complexity index is 761. The minimum atomic E-state index is -2.91. The summed E-state index contributed by atoms with van der Waals surface area (Å²) in [7, 11) is 0. The molecule has 2 amide bonds. The van der Waals surface area contributed by atoms with Crippen LogP contribution in [0.3, 0.4) is 0 Å². The number of hydrogen-bond donors (Lipinski definition) is 2. The van der Waals surface area contributed by atoms with Gasteiger partial charge in [-0.1, -0.05) is 36.4 Å². The highest BCUT2D eigenvalue weighted by Crippen LogP contribution is 2.19. The molecule has 2 N–H and O–H groups in total. The molecule has 2 aromatic rings. The molecule has 1 fully saturated rings. The number of benzene rings is 2. The predicted molar refractivity (Wildman–Crippen MR) is 102 cm³/mol. The second-order valence-electron chi connectivity index (χ2n) is 6.45. The summed E-state index contributed by atoms with van der Waals surface area (Å²) in [6, 6.07) is 15.6. The molecule has 1 aliphatic rings. The van der Waals surface area contributed by atoms with Gasteiger partial charge in [-0.05, 0) is 17.7 Å². The molecule has 150 valence electrons. The molecule has 1 saturated heterocycles. The largest absolute Gasteiger partial charge is 0.435 e. The second kappa shape index (κ2) is 10.0. The van der Waals surface area contributed by atoms with Crippen molar-refractivity contribution in [1.82, 2.24) is 10.2 Å². The number of carbonyl (C=O) groups is 1. The van der Waals surface area contributed by atoms with E-state index in [4.69, 9.17) is 4.74 Å². The van der Waals surface area contributed by atoms with Crippen molar-refractivity contribution in [2.75, 3.05) is 31.6 Å². The lowest BCUT2D eigenvalue weighted by atomic mass is 10.2. The lowest BCUT2D eigenvalue weighted by Gasteiger charge is -2.33. The van der Waals surface area contributed by atoms with Gasteiger partial charge in [0.1, 0.15) is 5.75 Å². The highest BCUT2D eigenvalue weighted by Gasteiger charge is 2.21. The van der Waals surface area contributed by atoms with Gasteiger partial charge in [0.15, 0.2) is 0 Å². The molecule has 1 atom stereocenters. The number of nitrogens with one attached hydrogen (secondary N) is 2. The number of morpholine rings is 1. The van der Waals surface area contributed by atoms with E-state index in [-0.39, 0.29) is 11.9 Å². The van der Waals surface area contributed by atoms with Gasteiger partial charge in [-0.3, -0.25) is 4.90 Å². The number of amides is 2. The van der Waals surface area contributed by atoms with Gasteiger partial charge < -0.3 is 20.1 Å². The third-order valence-electron chi connectivity index (χ3n) is 4.28. The Morgan fingerprint density at radius 2 is 2.04 bits per heavy atom. The SMILES string of the molecule is O=C(NCC1CN(Cc2ccccc2)CCO1)Nc1cccc(OC(F)F)c1. The summed E-state index contributed by atoms with van der Waals surface area (Å²) in [6.45, 7) is 0.440. The van der Waals surface area contributed by atoms with E-state index < -0.39 is 12.6 Å². The van der Waals surface area contributed by atoms with Gasteiger partial charge in [0, 0.05) is 37.9 Å². The third kappa shape index (κ3) is 6.47. The molecule has 1 unspecified atom stereocenters. The van der Waals surface area contributed by atoms with Gasteiger partial charge in [0.05, 0.1) is 12.7 Å². The van der Waals surface area contributed by atoms with Crippen molar-refractivity contribution < 1.29 is 23.0 Å². The van der Waals surface area contributed by atoms with E-state index in [0.29, 0.717) is 25.4 Å². The van der Waals surface area contributed by atoms with Crippen molar-refractivity contribution in [2.24, 2.45) is 0 Å². The molecule has 0 aromatic heterocycles. The number of carbonyl (C=O) groups excluding carboxylic acids is 1. The summed E-state index contributed by atoms with van der Waals surface area (Å²) in [5, 5.41) is 5.36. The van der Waals surface area contributed by atoms with E-state index in [0.717, 1.165) is 13.1 Å². The van der Waals surface area contributed by atoms with Gasteiger partial charge in [0.25, 0.3) is 0 Å². The van der Waals surface area contributed by atoms with Gasteiger partial charge in [0.2, 0.25) is 0 Å². The van der Waals surface area contributed by atoms with Crippen LogP contribution in [-0.4, -0.2) is 49.9 Å². The zero-order valence-electron chi connectivity index (χ0n) is 15.3. The van der Waals surface area contributed by atoms with Gasteiger partial charge in [-0.15, -0.1) is 0 Å². The number of anilines is 1. The molecule has 1 aliphatic heterocycles. The smallest absolute Gasteiger partial charge is 0.387 e. The Hall–Kier alpha value is -2.71. The molecule has 0 bridgehead atoms. The number of ether oxygens (including phenoxy) is 2. The minimum absolute atomic E-state index is 0.0139. The number of urea groups is 1. The number of halogens is 2. The van der Waals surface area contributed by atoms with Crippen LogP contribution < -0.4 is 15.4 Å². The lowest BCUT2D eigenvalue weighted by molar-refractivity contribution is -0.0498. The van der Waals surface area contributed by atoms with E-state index >= 15 is 0 Å². The van der Waals surface area contributed by atoms with Crippen LogP contribution in [0, 0.1) is 0 Å². The van der Waals surface area contributed by atoms with Crippen LogP contribution in [0.2, 0.25) is 0 Å². The van der Waals surface area contributed by atoms with Crippen LogP contribution in [0.25, 0.3) is 0 Å². The molecule has 0 radical (unpaired) electrons. The first-order valence-corrected chi connectivity index (χ1v) is 9.06. The normalized spacial score (nSPS) is 17.3. The van der Waals surface area contributed by atoms with Crippen LogP contribution >= 0.6 is 0 Å². The van der Waals surface area contributed by atoms with E-state index in [1.54, 1.807) is 6.07 Å². The first-order valence-electron chi connectivity index (χ1n) is 9.06. The van der Waals surface area contributed by atoms with Crippen molar-refractivity contribution in [1.29, 1.82) is 0 Å². The first-order chi connectivity index (χ1) is 13.6. The van der Waals surface area contributed by atoms with Crippen LogP contribution in [0.15, 0.2) is 54.6 Å². The lowest BCUT2D eigenvalue weighted by Crippen LogP contribution is -2.47. The average molecular weight is 391 g/mol. The van der Waals surface area contributed by atoms with Crippen LogP contribution in [0.1, 0.15) is 5.56 Å². The summed E-state index contributed by atoms with van der Waals surface area (Å²) in [4.78, 5) is 14.4. The molecular weight excluding hydrogens is 368 g/mol. The zero-order valence-corrected chi connectivity index (χ0v) is 15.3. The Kier molecular flexibility index (Phi) is 7.16. The monoisotopic (exact) mass is 391 g/mol. The second-order valence-corrected chi connectivity index (χ2v) is 6.45. The Balaban J connectivity index is 1.44. The molecule has 0 spiro atoms. The zero-order chi connectivity index (χ0) is 19.8. The molecule has 2 aromatic carbocycles. The van der Waals surface area contributed by atoms with E-state index in [1.807, 2.05) is 18.2 Å². The minimum Gasteiger partial charge on any atom is -0.435 e. The molecule has 3 rings (SSSR count). The van der Waals surface area contributed by atoms with Gasteiger partial charge in [-0.2, -0.15) is 8.78 Å². The summed E-state index contributed by atoms with van der Waals surface area (Å²) < 4.78 is 34.6. The number of nitrogens with zero attached hydrogens (tertiary/aromatic N) is 1. The quantitative estimate of drug-likeness (QED) is 0.760. The summed E-state index contributed by atoms with van der Waals surface area (Å²) >= 11 is 0. The van der Waals surface area contributed by atoms with Crippen LogP contribution in [-0.2, 0) is 11.3 Å². The van der Waals surface area contributed by atoms with Crippen molar-refractivity contribution in [3.63, 3.8) is 0 Å². The molecule has 0 aliphatic carbocycles. The molecular formula is C20H23F2N3O3. The third-order valence-corrected chi connectivity index (χ3v) is 4.28. The summed E-state index contributed by atoms with van der Waals surface area (Å²) in [5.74, 6) is -0.0139. The fraction of sp³-hybridized carbons (Fsp3) is 0.350. The number of alkyl halides is 2.